The number of nitrogens with zero attached hydrogens (tertiary/aromatic N) is 1. The first-order valence-corrected chi connectivity index (χ1v) is 9.73. The molecule has 1 amide bonds. The highest BCUT2D eigenvalue weighted by molar-refractivity contribution is 5.96. The van der Waals surface area contributed by atoms with Gasteiger partial charge in [0, 0.05) is 36.6 Å². The van der Waals surface area contributed by atoms with Crippen LogP contribution in [0.1, 0.15) is 33.5 Å². The fourth-order valence-electron chi connectivity index (χ4n) is 4.44. The number of aryl methyl sites for hydroxylation is 1. The zero-order chi connectivity index (χ0) is 18.9. The van der Waals surface area contributed by atoms with Gasteiger partial charge < -0.3 is 14.7 Å². The molecule has 0 spiro atoms. The van der Waals surface area contributed by atoms with Gasteiger partial charge in [0.1, 0.15) is 0 Å². The van der Waals surface area contributed by atoms with E-state index in [9.17, 15) is 9.90 Å². The summed E-state index contributed by atoms with van der Waals surface area (Å²) in [7, 11) is 0. The number of rotatable bonds is 4. The van der Waals surface area contributed by atoms with Gasteiger partial charge in [-0.3, -0.25) is 4.79 Å². The molecule has 27 heavy (non-hydrogen) atoms. The Kier molecular flexibility index (Phi) is 5.02. The minimum absolute atomic E-state index is 0.0694. The molecule has 2 aromatic carbocycles. The van der Waals surface area contributed by atoms with E-state index in [0.29, 0.717) is 26.3 Å². The van der Waals surface area contributed by atoms with E-state index in [0.717, 1.165) is 24.0 Å². The highest BCUT2D eigenvalue weighted by Crippen LogP contribution is 2.42. The van der Waals surface area contributed by atoms with Gasteiger partial charge in [0.15, 0.2) is 0 Å². The van der Waals surface area contributed by atoms with E-state index >= 15 is 0 Å². The van der Waals surface area contributed by atoms with Crippen molar-refractivity contribution in [3.8, 4) is 0 Å². The maximum absolute atomic E-state index is 13.3. The standard InChI is InChI=1S/C23H27NO3/c1-17-6-8-18(9-7-17)12-19-4-2-3-5-21(19)22(26)24-13-20-14-27-11-10-23(20,15-24)16-25/h2-9,20,25H,10-16H2,1H3/t20-,23-/m1/s1. The second-order valence-electron chi connectivity index (χ2n) is 8.05. The summed E-state index contributed by atoms with van der Waals surface area (Å²) in [6.07, 6.45) is 1.57. The third kappa shape index (κ3) is 3.52. The first-order valence-electron chi connectivity index (χ1n) is 9.73. The van der Waals surface area contributed by atoms with Gasteiger partial charge in [-0.2, -0.15) is 0 Å². The van der Waals surface area contributed by atoms with Crippen LogP contribution in [0.3, 0.4) is 0 Å². The lowest BCUT2D eigenvalue weighted by Crippen LogP contribution is -2.41. The zero-order valence-corrected chi connectivity index (χ0v) is 15.9. The first-order chi connectivity index (χ1) is 13.1. The lowest BCUT2D eigenvalue weighted by atomic mass is 9.75. The fraction of sp³-hybridized carbons (Fsp3) is 0.435. The molecule has 2 aromatic rings. The van der Waals surface area contributed by atoms with Crippen LogP contribution in [-0.4, -0.2) is 48.8 Å². The van der Waals surface area contributed by atoms with E-state index in [2.05, 4.69) is 31.2 Å². The smallest absolute Gasteiger partial charge is 0.254 e. The average molecular weight is 365 g/mol. The van der Waals surface area contributed by atoms with Crippen LogP contribution in [0.5, 0.6) is 0 Å². The lowest BCUT2D eigenvalue weighted by molar-refractivity contribution is -0.0415. The van der Waals surface area contributed by atoms with Gasteiger partial charge in [-0.1, -0.05) is 48.0 Å². The second-order valence-corrected chi connectivity index (χ2v) is 8.05. The molecule has 0 bridgehead atoms. The van der Waals surface area contributed by atoms with Crippen molar-refractivity contribution in [1.82, 2.24) is 4.90 Å². The van der Waals surface area contributed by atoms with Gasteiger partial charge >= 0.3 is 0 Å². The lowest BCUT2D eigenvalue weighted by Gasteiger charge is -2.36. The molecular formula is C23H27NO3. The Balaban J connectivity index is 1.57. The predicted molar refractivity (Wildman–Crippen MR) is 105 cm³/mol. The number of carbonyl (C=O) groups is 1. The van der Waals surface area contributed by atoms with Crippen LogP contribution in [0.15, 0.2) is 48.5 Å². The maximum Gasteiger partial charge on any atom is 0.254 e. The van der Waals surface area contributed by atoms with Crippen molar-refractivity contribution in [2.75, 3.05) is 32.9 Å². The number of likely N-dealkylation sites (tertiary alicyclic amines) is 1. The second kappa shape index (κ2) is 7.45. The van der Waals surface area contributed by atoms with Crippen LogP contribution in [0.25, 0.3) is 0 Å². The highest BCUT2D eigenvalue weighted by atomic mass is 16.5. The van der Waals surface area contributed by atoms with E-state index < -0.39 is 0 Å². The molecule has 4 heteroatoms. The van der Waals surface area contributed by atoms with Crippen molar-refractivity contribution in [2.24, 2.45) is 11.3 Å². The Labute approximate surface area is 160 Å². The number of amides is 1. The summed E-state index contributed by atoms with van der Waals surface area (Å²) >= 11 is 0. The first kappa shape index (κ1) is 18.2. The van der Waals surface area contributed by atoms with Crippen LogP contribution in [0.4, 0.5) is 0 Å². The van der Waals surface area contributed by atoms with E-state index in [1.165, 1.54) is 11.1 Å². The molecule has 4 rings (SSSR count). The summed E-state index contributed by atoms with van der Waals surface area (Å²) in [6.45, 7) is 4.79. The Bertz CT molecular complexity index is 817. The molecule has 2 fully saturated rings. The van der Waals surface area contributed by atoms with Gasteiger partial charge in [-0.25, -0.2) is 0 Å². The normalized spacial score (nSPS) is 24.7. The number of aliphatic hydroxyl groups is 1. The van der Waals surface area contributed by atoms with Crippen molar-refractivity contribution in [3.05, 3.63) is 70.8 Å². The fourth-order valence-corrected chi connectivity index (χ4v) is 4.44. The Morgan fingerprint density at radius 2 is 2.00 bits per heavy atom. The molecule has 0 radical (unpaired) electrons. The minimum Gasteiger partial charge on any atom is -0.396 e. The number of fused-ring (bicyclic) bond motifs is 1. The third-order valence-electron chi connectivity index (χ3n) is 6.24. The molecule has 4 nitrogen and oxygen atoms in total. The molecule has 2 saturated heterocycles. The Hall–Kier alpha value is -2.17. The van der Waals surface area contributed by atoms with E-state index in [1.807, 2.05) is 29.2 Å². The molecule has 2 atom stereocenters. The molecule has 0 aliphatic carbocycles. The van der Waals surface area contributed by atoms with Crippen molar-refractivity contribution in [1.29, 1.82) is 0 Å². The van der Waals surface area contributed by atoms with Crippen LogP contribution < -0.4 is 0 Å². The Morgan fingerprint density at radius 3 is 2.74 bits per heavy atom. The van der Waals surface area contributed by atoms with Crippen molar-refractivity contribution in [3.63, 3.8) is 0 Å². The van der Waals surface area contributed by atoms with E-state index in [-0.39, 0.29) is 23.8 Å². The van der Waals surface area contributed by atoms with Crippen LogP contribution in [0.2, 0.25) is 0 Å². The van der Waals surface area contributed by atoms with Crippen molar-refractivity contribution < 1.29 is 14.6 Å². The van der Waals surface area contributed by atoms with Gasteiger partial charge in [0.25, 0.3) is 5.91 Å². The van der Waals surface area contributed by atoms with Gasteiger partial charge in [-0.05, 0) is 37.0 Å². The largest absolute Gasteiger partial charge is 0.396 e. The highest BCUT2D eigenvalue weighted by Gasteiger charge is 2.49. The topological polar surface area (TPSA) is 49.8 Å². The molecule has 1 N–H and O–H groups in total. The zero-order valence-electron chi connectivity index (χ0n) is 15.9. The predicted octanol–water partition coefficient (Wildman–Crippen LogP) is 3.06. The van der Waals surface area contributed by atoms with Gasteiger partial charge in [0.05, 0.1) is 13.2 Å². The molecule has 2 heterocycles. The summed E-state index contributed by atoms with van der Waals surface area (Å²) in [5.41, 5.74) is 4.07. The number of benzene rings is 2. The SMILES string of the molecule is Cc1ccc(Cc2ccccc2C(=O)N2C[C@@H]3COCC[C@]3(CO)C2)cc1. The summed E-state index contributed by atoms with van der Waals surface area (Å²) in [6, 6.07) is 16.4. The number of carbonyl (C=O) groups excluding carboxylic acids is 1. The maximum atomic E-state index is 13.3. The number of aliphatic hydroxyl groups excluding tert-OH is 1. The van der Waals surface area contributed by atoms with E-state index in [1.54, 1.807) is 0 Å². The van der Waals surface area contributed by atoms with Crippen LogP contribution in [-0.2, 0) is 11.2 Å². The number of hydrogen-bond acceptors (Lipinski definition) is 3. The summed E-state index contributed by atoms with van der Waals surface area (Å²) in [4.78, 5) is 15.2. The van der Waals surface area contributed by atoms with Crippen LogP contribution in [0, 0.1) is 18.3 Å². The molecule has 0 aromatic heterocycles. The summed E-state index contributed by atoms with van der Waals surface area (Å²) in [5.74, 6) is 0.296. The number of hydrogen-bond donors (Lipinski definition) is 1. The molecule has 142 valence electrons. The quantitative estimate of drug-likeness (QED) is 0.906. The molecular weight excluding hydrogens is 338 g/mol. The minimum atomic E-state index is -0.195. The molecule has 2 aliphatic heterocycles. The van der Waals surface area contributed by atoms with Gasteiger partial charge in [-0.15, -0.1) is 0 Å². The van der Waals surface area contributed by atoms with Crippen LogP contribution >= 0.6 is 0 Å². The summed E-state index contributed by atoms with van der Waals surface area (Å²) < 4.78 is 5.61. The summed E-state index contributed by atoms with van der Waals surface area (Å²) in [5, 5.41) is 10.0. The monoisotopic (exact) mass is 365 g/mol. The molecule has 2 aliphatic rings. The van der Waals surface area contributed by atoms with E-state index in [4.69, 9.17) is 4.74 Å². The number of ether oxygens (including phenoxy) is 1. The average Bonchev–Trinajstić information content (AvgIpc) is 3.10. The van der Waals surface area contributed by atoms with Crippen molar-refractivity contribution >= 4 is 5.91 Å². The van der Waals surface area contributed by atoms with Crippen molar-refractivity contribution in [2.45, 2.75) is 19.8 Å². The molecule has 0 unspecified atom stereocenters. The Morgan fingerprint density at radius 1 is 1.22 bits per heavy atom. The van der Waals surface area contributed by atoms with Gasteiger partial charge in [0.2, 0.25) is 0 Å². The third-order valence-corrected chi connectivity index (χ3v) is 6.24. The molecule has 0 saturated carbocycles.